The number of aromatic nitrogens is 2. The Morgan fingerprint density at radius 3 is 2.79 bits per heavy atom. The lowest BCUT2D eigenvalue weighted by Gasteiger charge is -2.36. The zero-order chi connectivity index (χ0) is 16.7. The summed E-state index contributed by atoms with van der Waals surface area (Å²) in [4.78, 5) is 4.43. The molecule has 0 aliphatic carbocycles. The summed E-state index contributed by atoms with van der Waals surface area (Å²) in [5.41, 5.74) is 4.39. The maximum atomic E-state index is 10.3. The fourth-order valence-corrected chi connectivity index (χ4v) is 3.13. The van der Waals surface area contributed by atoms with Gasteiger partial charge in [-0.2, -0.15) is 0 Å². The highest BCUT2D eigenvalue weighted by Gasteiger charge is 2.36. The van der Waals surface area contributed by atoms with Crippen molar-refractivity contribution >= 4 is 11.0 Å². The lowest BCUT2D eigenvalue weighted by Crippen LogP contribution is -2.52. The number of aliphatic hydroxyl groups is 1. The Balaban J connectivity index is 1.77. The molecule has 124 valence electrons. The molecular formula is C19H20N2O3. The fourth-order valence-electron chi connectivity index (χ4n) is 3.13. The van der Waals surface area contributed by atoms with E-state index in [0.717, 1.165) is 33.5 Å². The van der Waals surface area contributed by atoms with Crippen molar-refractivity contribution in [3.8, 4) is 16.9 Å². The van der Waals surface area contributed by atoms with Crippen molar-refractivity contribution in [3.05, 3.63) is 48.3 Å². The standard InChI is InChI=1S/C19H20N2O3/c1-13-3-5-15(18(7-13)23-2)14-4-6-16-17(8-14)21(12-20-16)9-19(22)10-24-11-19/h3-8,12,22H,9-11H2,1-2H3. The molecule has 4 rings (SSSR count). The summed E-state index contributed by atoms with van der Waals surface area (Å²) in [5.74, 6) is 0.853. The van der Waals surface area contributed by atoms with Crippen LogP contribution in [0.1, 0.15) is 5.56 Å². The van der Waals surface area contributed by atoms with E-state index in [-0.39, 0.29) is 0 Å². The summed E-state index contributed by atoms with van der Waals surface area (Å²) in [6.07, 6.45) is 1.77. The van der Waals surface area contributed by atoms with Crippen LogP contribution in [-0.2, 0) is 11.3 Å². The number of nitrogens with zero attached hydrogens (tertiary/aromatic N) is 2. The second kappa shape index (κ2) is 5.61. The van der Waals surface area contributed by atoms with Crippen LogP contribution in [0.25, 0.3) is 22.2 Å². The minimum absolute atomic E-state index is 0.373. The summed E-state index contributed by atoms with van der Waals surface area (Å²) >= 11 is 0. The molecule has 1 N–H and O–H groups in total. The number of ether oxygens (including phenoxy) is 2. The Bertz CT molecular complexity index is 897. The zero-order valence-corrected chi connectivity index (χ0v) is 13.8. The van der Waals surface area contributed by atoms with E-state index in [0.29, 0.717) is 19.8 Å². The van der Waals surface area contributed by atoms with E-state index in [9.17, 15) is 5.11 Å². The molecule has 2 heterocycles. The molecule has 5 nitrogen and oxygen atoms in total. The molecule has 24 heavy (non-hydrogen) atoms. The third-order valence-electron chi connectivity index (χ3n) is 4.50. The van der Waals surface area contributed by atoms with E-state index in [1.807, 2.05) is 29.7 Å². The largest absolute Gasteiger partial charge is 0.496 e. The second-order valence-electron chi connectivity index (χ2n) is 6.50. The van der Waals surface area contributed by atoms with Crippen molar-refractivity contribution < 1.29 is 14.6 Å². The Hall–Kier alpha value is -2.37. The van der Waals surface area contributed by atoms with E-state index in [2.05, 4.69) is 23.2 Å². The third-order valence-corrected chi connectivity index (χ3v) is 4.50. The van der Waals surface area contributed by atoms with E-state index >= 15 is 0 Å². The first-order valence-corrected chi connectivity index (χ1v) is 7.98. The van der Waals surface area contributed by atoms with E-state index in [1.54, 1.807) is 13.4 Å². The molecule has 3 aromatic rings. The molecule has 0 saturated carbocycles. The molecule has 0 atom stereocenters. The molecule has 5 heteroatoms. The van der Waals surface area contributed by atoms with Gasteiger partial charge in [-0.3, -0.25) is 0 Å². The zero-order valence-electron chi connectivity index (χ0n) is 13.8. The fraction of sp³-hybridized carbons (Fsp3) is 0.316. The minimum atomic E-state index is -0.787. The van der Waals surface area contributed by atoms with Crippen LogP contribution in [0.2, 0.25) is 0 Å². The Morgan fingerprint density at radius 1 is 1.25 bits per heavy atom. The highest BCUT2D eigenvalue weighted by molar-refractivity contribution is 5.84. The van der Waals surface area contributed by atoms with Gasteiger partial charge in [0, 0.05) is 5.56 Å². The highest BCUT2D eigenvalue weighted by atomic mass is 16.5. The molecule has 1 fully saturated rings. The van der Waals surface area contributed by atoms with Crippen LogP contribution in [0, 0.1) is 6.92 Å². The first-order chi connectivity index (χ1) is 11.6. The van der Waals surface area contributed by atoms with Gasteiger partial charge in [-0.05, 0) is 36.2 Å². The molecule has 1 aliphatic rings. The highest BCUT2D eigenvalue weighted by Crippen LogP contribution is 2.33. The van der Waals surface area contributed by atoms with Gasteiger partial charge >= 0.3 is 0 Å². The van der Waals surface area contributed by atoms with Crippen LogP contribution in [0.3, 0.4) is 0 Å². The maximum Gasteiger partial charge on any atom is 0.129 e. The minimum Gasteiger partial charge on any atom is -0.496 e. The van der Waals surface area contributed by atoms with Crippen molar-refractivity contribution in [2.45, 2.75) is 19.1 Å². The number of hydrogen-bond acceptors (Lipinski definition) is 4. The molecule has 1 aliphatic heterocycles. The summed E-state index contributed by atoms with van der Waals surface area (Å²) in [5, 5.41) is 10.3. The van der Waals surface area contributed by atoms with Gasteiger partial charge in [0.25, 0.3) is 0 Å². The SMILES string of the molecule is COc1cc(C)ccc1-c1ccc2ncn(CC3(O)COC3)c2c1. The lowest BCUT2D eigenvalue weighted by molar-refractivity contribution is -0.184. The van der Waals surface area contributed by atoms with Gasteiger partial charge in [0.15, 0.2) is 0 Å². The smallest absolute Gasteiger partial charge is 0.129 e. The monoisotopic (exact) mass is 324 g/mol. The average Bonchev–Trinajstić information content (AvgIpc) is 2.95. The Labute approximate surface area is 140 Å². The van der Waals surface area contributed by atoms with Gasteiger partial charge in [0.1, 0.15) is 11.4 Å². The molecule has 2 aromatic carbocycles. The van der Waals surface area contributed by atoms with E-state index in [4.69, 9.17) is 9.47 Å². The topological polar surface area (TPSA) is 56.5 Å². The summed E-state index contributed by atoms with van der Waals surface area (Å²) in [6, 6.07) is 12.3. The first-order valence-electron chi connectivity index (χ1n) is 7.98. The van der Waals surface area contributed by atoms with Crippen molar-refractivity contribution in [2.75, 3.05) is 20.3 Å². The number of rotatable bonds is 4. The normalized spacial score (nSPS) is 16.1. The molecule has 0 unspecified atom stereocenters. The van der Waals surface area contributed by atoms with Gasteiger partial charge in [-0.25, -0.2) is 4.98 Å². The van der Waals surface area contributed by atoms with Crippen LogP contribution in [-0.4, -0.2) is 40.6 Å². The number of aryl methyl sites for hydroxylation is 1. The predicted octanol–water partition coefficient (Wildman–Crippen LogP) is 2.78. The number of imidazole rings is 1. The lowest BCUT2D eigenvalue weighted by atomic mass is 10.0. The average molecular weight is 324 g/mol. The molecule has 0 bridgehead atoms. The van der Waals surface area contributed by atoms with Crippen molar-refractivity contribution in [1.82, 2.24) is 9.55 Å². The van der Waals surface area contributed by atoms with Gasteiger partial charge < -0.3 is 19.1 Å². The Kier molecular flexibility index (Phi) is 3.55. The summed E-state index contributed by atoms with van der Waals surface area (Å²) < 4.78 is 12.7. The van der Waals surface area contributed by atoms with Crippen LogP contribution in [0.4, 0.5) is 0 Å². The maximum absolute atomic E-state index is 10.3. The van der Waals surface area contributed by atoms with Gasteiger partial charge in [0.05, 0.1) is 44.2 Å². The number of hydrogen-bond donors (Lipinski definition) is 1. The summed E-state index contributed by atoms with van der Waals surface area (Å²) in [6.45, 7) is 3.28. The molecular weight excluding hydrogens is 304 g/mol. The first kappa shape index (κ1) is 15.2. The van der Waals surface area contributed by atoms with Crippen molar-refractivity contribution in [1.29, 1.82) is 0 Å². The quantitative estimate of drug-likeness (QED) is 0.802. The Morgan fingerprint density at radius 2 is 2.08 bits per heavy atom. The van der Waals surface area contributed by atoms with E-state index in [1.165, 1.54) is 0 Å². The number of benzene rings is 2. The molecule has 0 amide bonds. The van der Waals surface area contributed by atoms with Gasteiger partial charge in [0.2, 0.25) is 0 Å². The van der Waals surface area contributed by atoms with Crippen LogP contribution < -0.4 is 4.74 Å². The molecule has 1 aromatic heterocycles. The third kappa shape index (κ3) is 2.56. The summed E-state index contributed by atoms with van der Waals surface area (Å²) in [7, 11) is 1.69. The molecule has 0 spiro atoms. The molecule has 1 saturated heterocycles. The second-order valence-corrected chi connectivity index (χ2v) is 6.50. The molecule has 0 radical (unpaired) electrons. The van der Waals surface area contributed by atoms with Gasteiger partial charge in [-0.1, -0.05) is 18.2 Å². The van der Waals surface area contributed by atoms with Crippen molar-refractivity contribution in [3.63, 3.8) is 0 Å². The van der Waals surface area contributed by atoms with Crippen molar-refractivity contribution in [2.24, 2.45) is 0 Å². The van der Waals surface area contributed by atoms with Crippen LogP contribution in [0.15, 0.2) is 42.7 Å². The van der Waals surface area contributed by atoms with Crippen LogP contribution in [0.5, 0.6) is 5.75 Å². The number of fused-ring (bicyclic) bond motifs is 1. The predicted molar refractivity (Wildman–Crippen MR) is 92.2 cm³/mol. The number of methoxy groups -OCH3 is 1. The van der Waals surface area contributed by atoms with E-state index < -0.39 is 5.60 Å². The van der Waals surface area contributed by atoms with Gasteiger partial charge in [-0.15, -0.1) is 0 Å². The van der Waals surface area contributed by atoms with Crippen LogP contribution >= 0.6 is 0 Å².